The fourth-order valence-electron chi connectivity index (χ4n) is 2.26. The molecule has 0 radical (unpaired) electrons. The molecule has 19 heavy (non-hydrogen) atoms. The molecule has 0 saturated carbocycles. The molecule has 0 aliphatic heterocycles. The van der Waals surface area contributed by atoms with Crippen molar-refractivity contribution >= 4 is 44.0 Å². The summed E-state index contributed by atoms with van der Waals surface area (Å²) in [6.07, 6.45) is 1.02. The third-order valence-electron chi connectivity index (χ3n) is 3.17. The van der Waals surface area contributed by atoms with Crippen molar-refractivity contribution < 1.29 is 0 Å². The molecule has 3 nitrogen and oxygen atoms in total. The van der Waals surface area contributed by atoms with Crippen molar-refractivity contribution in [2.75, 3.05) is 5.73 Å². The highest BCUT2D eigenvalue weighted by Gasteiger charge is 2.08. The summed E-state index contributed by atoms with van der Waals surface area (Å²) in [5.41, 5.74) is 8.69. The van der Waals surface area contributed by atoms with Gasteiger partial charge in [-0.15, -0.1) is 11.3 Å². The fraction of sp³-hybridized carbons (Fsp3) is 0.214. The number of halogens is 1. The molecule has 0 saturated heterocycles. The van der Waals surface area contributed by atoms with Gasteiger partial charge in [-0.25, -0.2) is 4.98 Å². The predicted molar refractivity (Wildman–Crippen MR) is 84.6 cm³/mol. The first kappa shape index (κ1) is 12.7. The van der Waals surface area contributed by atoms with Crippen LogP contribution in [0, 0.1) is 6.92 Å². The molecule has 2 aromatic heterocycles. The SMILES string of the molecule is Cc1nc2cc(N)ccc2n1CCc1ccc(Br)s1. The van der Waals surface area contributed by atoms with Crippen LogP contribution in [0.15, 0.2) is 34.1 Å². The van der Waals surface area contributed by atoms with Gasteiger partial charge in [0, 0.05) is 17.1 Å². The Hall–Kier alpha value is -1.33. The van der Waals surface area contributed by atoms with Gasteiger partial charge in [-0.3, -0.25) is 0 Å². The zero-order valence-corrected chi connectivity index (χ0v) is 13.0. The lowest BCUT2D eigenvalue weighted by Crippen LogP contribution is -2.02. The summed E-state index contributed by atoms with van der Waals surface area (Å²) < 4.78 is 3.44. The molecule has 0 aliphatic rings. The van der Waals surface area contributed by atoms with Gasteiger partial charge < -0.3 is 10.3 Å². The lowest BCUT2D eigenvalue weighted by molar-refractivity contribution is 0.698. The van der Waals surface area contributed by atoms with Crippen LogP contribution in [-0.4, -0.2) is 9.55 Å². The highest BCUT2D eigenvalue weighted by Crippen LogP contribution is 2.24. The molecule has 1 aromatic carbocycles. The van der Waals surface area contributed by atoms with Gasteiger partial charge in [-0.05, 0) is 59.6 Å². The third kappa shape index (κ3) is 2.53. The number of nitrogens with zero attached hydrogens (tertiary/aromatic N) is 2. The highest BCUT2D eigenvalue weighted by molar-refractivity contribution is 9.11. The molecule has 0 aliphatic carbocycles. The second-order valence-electron chi connectivity index (χ2n) is 4.51. The van der Waals surface area contributed by atoms with Gasteiger partial charge in [-0.1, -0.05) is 0 Å². The fourth-order valence-corrected chi connectivity index (χ4v) is 3.73. The monoisotopic (exact) mass is 335 g/mol. The first-order valence-electron chi connectivity index (χ1n) is 6.10. The van der Waals surface area contributed by atoms with E-state index in [0.29, 0.717) is 0 Å². The smallest absolute Gasteiger partial charge is 0.106 e. The van der Waals surface area contributed by atoms with Gasteiger partial charge >= 0.3 is 0 Å². The highest BCUT2D eigenvalue weighted by atomic mass is 79.9. The van der Waals surface area contributed by atoms with Crippen molar-refractivity contribution in [3.8, 4) is 0 Å². The van der Waals surface area contributed by atoms with Gasteiger partial charge in [0.15, 0.2) is 0 Å². The molecule has 0 atom stereocenters. The van der Waals surface area contributed by atoms with Gasteiger partial charge in [0.1, 0.15) is 5.82 Å². The maximum atomic E-state index is 5.80. The maximum absolute atomic E-state index is 5.80. The molecule has 0 amide bonds. The molecular weight excluding hydrogens is 322 g/mol. The van der Waals surface area contributed by atoms with Crippen LogP contribution >= 0.6 is 27.3 Å². The molecule has 0 fully saturated rings. The topological polar surface area (TPSA) is 43.8 Å². The second kappa shape index (κ2) is 4.98. The number of hydrogen-bond donors (Lipinski definition) is 1. The Labute approximate surface area is 124 Å². The van der Waals surface area contributed by atoms with Gasteiger partial charge in [0.25, 0.3) is 0 Å². The summed E-state index contributed by atoms with van der Waals surface area (Å²) in [6, 6.07) is 10.2. The van der Waals surface area contributed by atoms with E-state index in [2.05, 4.69) is 43.7 Å². The quantitative estimate of drug-likeness (QED) is 0.735. The van der Waals surface area contributed by atoms with Crippen LogP contribution in [-0.2, 0) is 13.0 Å². The van der Waals surface area contributed by atoms with E-state index in [4.69, 9.17) is 5.73 Å². The molecule has 0 spiro atoms. The third-order valence-corrected chi connectivity index (χ3v) is 4.86. The van der Waals surface area contributed by atoms with Gasteiger partial charge in [0.2, 0.25) is 0 Å². The van der Waals surface area contributed by atoms with E-state index in [0.717, 1.165) is 35.5 Å². The minimum Gasteiger partial charge on any atom is -0.399 e. The first-order chi connectivity index (χ1) is 9.13. The van der Waals surface area contributed by atoms with Crippen LogP contribution in [0.2, 0.25) is 0 Å². The molecule has 98 valence electrons. The van der Waals surface area contributed by atoms with E-state index in [9.17, 15) is 0 Å². The van der Waals surface area contributed by atoms with Crippen molar-refractivity contribution in [3.63, 3.8) is 0 Å². The zero-order chi connectivity index (χ0) is 13.4. The molecule has 2 N–H and O–H groups in total. The van der Waals surface area contributed by atoms with Crippen molar-refractivity contribution in [2.45, 2.75) is 19.9 Å². The Balaban J connectivity index is 1.90. The van der Waals surface area contributed by atoms with Crippen molar-refractivity contribution in [3.05, 3.63) is 44.8 Å². The lowest BCUT2D eigenvalue weighted by atomic mass is 10.2. The van der Waals surface area contributed by atoms with Crippen LogP contribution in [0.4, 0.5) is 5.69 Å². The Kier molecular flexibility index (Phi) is 3.33. The number of benzene rings is 1. The largest absolute Gasteiger partial charge is 0.399 e. The average molecular weight is 336 g/mol. The summed E-state index contributed by atoms with van der Waals surface area (Å²) in [6.45, 7) is 2.99. The number of hydrogen-bond acceptors (Lipinski definition) is 3. The minimum absolute atomic E-state index is 0.763. The number of thiophene rings is 1. The standard InChI is InChI=1S/C14H14BrN3S/c1-9-17-12-8-10(16)2-4-13(12)18(9)7-6-11-3-5-14(15)19-11/h2-5,8H,6-7,16H2,1H3. The van der Waals surface area contributed by atoms with E-state index >= 15 is 0 Å². The average Bonchev–Trinajstić information content (AvgIpc) is 2.89. The number of rotatable bonds is 3. The number of aryl methyl sites for hydroxylation is 3. The normalized spacial score (nSPS) is 11.3. The van der Waals surface area contributed by atoms with Crippen molar-refractivity contribution in [1.82, 2.24) is 9.55 Å². The molecular formula is C14H14BrN3S. The van der Waals surface area contributed by atoms with E-state index in [1.807, 2.05) is 19.1 Å². The lowest BCUT2D eigenvalue weighted by Gasteiger charge is -2.05. The summed E-state index contributed by atoms with van der Waals surface area (Å²) >= 11 is 5.28. The molecule has 2 heterocycles. The summed E-state index contributed by atoms with van der Waals surface area (Å²) in [5.74, 6) is 1.04. The number of anilines is 1. The van der Waals surface area contributed by atoms with E-state index < -0.39 is 0 Å². The maximum Gasteiger partial charge on any atom is 0.106 e. The number of nitrogen functional groups attached to an aromatic ring is 1. The number of nitrogens with two attached hydrogens (primary N) is 1. The van der Waals surface area contributed by atoms with Crippen LogP contribution in [0.1, 0.15) is 10.7 Å². The van der Waals surface area contributed by atoms with E-state index in [-0.39, 0.29) is 0 Å². The molecule has 0 unspecified atom stereocenters. The number of fused-ring (bicyclic) bond motifs is 1. The van der Waals surface area contributed by atoms with E-state index in [1.54, 1.807) is 11.3 Å². The number of aromatic nitrogens is 2. The van der Waals surface area contributed by atoms with Crippen LogP contribution in [0.5, 0.6) is 0 Å². The Bertz CT molecular complexity index is 729. The van der Waals surface area contributed by atoms with Gasteiger partial charge in [0.05, 0.1) is 14.8 Å². The molecule has 0 bridgehead atoms. The van der Waals surface area contributed by atoms with Crippen molar-refractivity contribution in [2.24, 2.45) is 0 Å². The second-order valence-corrected chi connectivity index (χ2v) is 7.06. The Morgan fingerprint density at radius 2 is 2.16 bits per heavy atom. The molecule has 3 aromatic rings. The van der Waals surface area contributed by atoms with Crippen molar-refractivity contribution in [1.29, 1.82) is 0 Å². The minimum atomic E-state index is 0.763. The van der Waals surface area contributed by atoms with E-state index in [1.165, 1.54) is 8.66 Å². The molecule has 5 heteroatoms. The number of imidazole rings is 1. The van der Waals surface area contributed by atoms with Gasteiger partial charge in [-0.2, -0.15) is 0 Å². The first-order valence-corrected chi connectivity index (χ1v) is 7.71. The van der Waals surface area contributed by atoms with Crippen LogP contribution in [0.25, 0.3) is 11.0 Å². The summed E-state index contributed by atoms with van der Waals surface area (Å²) in [7, 11) is 0. The van der Waals surface area contributed by atoms with Crippen LogP contribution in [0.3, 0.4) is 0 Å². The molecule has 3 rings (SSSR count). The summed E-state index contributed by atoms with van der Waals surface area (Å²) in [5, 5.41) is 0. The summed E-state index contributed by atoms with van der Waals surface area (Å²) in [4.78, 5) is 5.95. The Morgan fingerprint density at radius 1 is 1.32 bits per heavy atom. The zero-order valence-electron chi connectivity index (χ0n) is 10.6. The predicted octanol–water partition coefficient (Wildman–Crippen LogP) is 3.99. The van der Waals surface area contributed by atoms with Crippen LogP contribution < -0.4 is 5.73 Å². The Morgan fingerprint density at radius 3 is 2.89 bits per heavy atom.